The zero-order chi connectivity index (χ0) is 12.6. The number of hydrogen-bond donors (Lipinski definition) is 1. The van der Waals surface area contributed by atoms with E-state index in [-0.39, 0.29) is 11.7 Å². The molecule has 96 valence electrons. The molecule has 1 N–H and O–H groups in total. The number of nitrogens with zero attached hydrogens (tertiary/aromatic N) is 1. The Bertz CT molecular complexity index is 191. The minimum atomic E-state index is -0.361. The van der Waals surface area contributed by atoms with E-state index in [9.17, 15) is 4.79 Å². The molecule has 1 aliphatic heterocycles. The van der Waals surface area contributed by atoms with Gasteiger partial charge >= 0.3 is 6.09 Å². The van der Waals surface area contributed by atoms with Crippen LogP contribution < -0.4 is 0 Å². The van der Waals surface area contributed by atoms with Crippen LogP contribution in [-0.4, -0.2) is 41.4 Å². The number of ether oxygens (including phenoxy) is 1. The predicted octanol–water partition coefficient (Wildman–Crippen LogP) is 2.41. The molecule has 0 aliphatic carbocycles. The number of hydrogen-bond acceptors (Lipinski definition) is 3. The first-order valence-corrected chi connectivity index (χ1v) is 5.99. The zero-order valence-corrected chi connectivity index (χ0v) is 11.0. The van der Waals surface area contributed by atoms with Crippen LogP contribution in [0.15, 0.2) is 0 Å². The van der Waals surface area contributed by atoms with Crippen molar-refractivity contribution in [1.82, 2.24) is 4.90 Å². The van der Waals surface area contributed by atoms with Crippen molar-refractivity contribution < 1.29 is 14.6 Å². The van der Waals surface area contributed by atoms with Gasteiger partial charge in [0.1, 0.15) is 5.60 Å². The number of carbonyl (C=O) groups is 1. The summed E-state index contributed by atoms with van der Waals surface area (Å²) in [5, 5.41) is 7.88. The van der Waals surface area contributed by atoms with Crippen LogP contribution in [0.2, 0.25) is 0 Å². The van der Waals surface area contributed by atoms with Crippen LogP contribution in [0.5, 0.6) is 0 Å². The van der Waals surface area contributed by atoms with Gasteiger partial charge in [-0.3, -0.25) is 0 Å². The van der Waals surface area contributed by atoms with Crippen molar-refractivity contribution in [3.63, 3.8) is 0 Å². The van der Waals surface area contributed by atoms with E-state index in [1.807, 2.05) is 27.7 Å². The molecule has 1 heterocycles. The first-order valence-electron chi connectivity index (χ1n) is 5.99. The Kier molecular flexibility index (Phi) is 7.13. The molecule has 0 spiro atoms. The summed E-state index contributed by atoms with van der Waals surface area (Å²) in [5.41, 5.74) is -0.361. The second kappa shape index (κ2) is 7.49. The summed E-state index contributed by atoms with van der Waals surface area (Å²) in [7, 11) is 0. The smallest absolute Gasteiger partial charge is 0.410 e. The lowest BCUT2D eigenvalue weighted by atomic mass is 10.2. The molecule has 1 saturated heterocycles. The molecule has 0 aromatic carbocycles. The van der Waals surface area contributed by atoms with Crippen molar-refractivity contribution in [1.29, 1.82) is 0 Å². The van der Waals surface area contributed by atoms with Gasteiger partial charge in [0, 0.05) is 19.7 Å². The number of aliphatic hydroxyl groups is 1. The third-order valence-electron chi connectivity index (χ3n) is 1.98. The van der Waals surface area contributed by atoms with Gasteiger partial charge in [-0.2, -0.15) is 0 Å². The molecule has 1 aliphatic rings. The van der Waals surface area contributed by atoms with E-state index in [1.165, 1.54) is 0 Å². The zero-order valence-electron chi connectivity index (χ0n) is 11.0. The van der Waals surface area contributed by atoms with E-state index in [2.05, 4.69) is 0 Å². The average Bonchev–Trinajstić information content (AvgIpc) is 2.68. The van der Waals surface area contributed by atoms with E-state index < -0.39 is 0 Å². The van der Waals surface area contributed by atoms with Gasteiger partial charge in [0.15, 0.2) is 0 Å². The molecular formula is C12H25NO3. The molecule has 4 heteroatoms. The minimum Gasteiger partial charge on any atom is -0.444 e. The summed E-state index contributed by atoms with van der Waals surface area (Å²) >= 11 is 0. The Balaban J connectivity index is 0.000000487. The van der Waals surface area contributed by atoms with Crippen LogP contribution in [0.25, 0.3) is 0 Å². The SMILES string of the molecule is CC(C)(C)OC(=O)N1CCCC1.CCCO. The first kappa shape index (κ1) is 15.2. The lowest BCUT2D eigenvalue weighted by Crippen LogP contribution is -2.34. The lowest BCUT2D eigenvalue weighted by Gasteiger charge is -2.23. The highest BCUT2D eigenvalue weighted by molar-refractivity contribution is 5.68. The quantitative estimate of drug-likeness (QED) is 0.754. The number of rotatable bonds is 1. The van der Waals surface area contributed by atoms with E-state index >= 15 is 0 Å². The average molecular weight is 231 g/mol. The van der Waals surface area contributed by atoms with Crippen molar-refractivity contribution in [2.75, 3.05) is 19.7 Å². The van der Waals surface area contributed by atoms with Crippen molar-refractivity contribution in [3.05, 3.63) is 0 Å². The third kappa shape index (κ3) is 7.51. The highest BCUT2D eigenvalue weighted by Gasteiger charge is 2.23. The summed E-state index contributed by atoms with van der Waals surface area (Å²) in [4.78, 5) is 13.1. The van der Waals surface area contributed by atoms with Gasteiger partial charge in [-0.25, -0.2) is 4.79 Å². The van der Waals surface area contributed by atoms with Crippen molar-refractivity contribution in [2.45, 2.75) is 52.6 Å². The molecule has 0 saturated carbocycles. The topological polar surface area (TPSA) is 49.8 Å². The first-order chi connectivity index (χ1) is 7.40. The summed E-state index contributed by atoms with van der Waals surface area (Å²) in [6.45, 7) is 9.63. The maximum Gasteiger partial charge on any atom is 0.410 e. The number of amides is 1. The molecule has 1 fully saturated rings. The van der Waals surface area contributed by atoms with Crippen LogP contribution >= 0.6 is 0 Å². The van der Waals surface area contributed by atoms with Gasteiger partial charge in [0.2, 0.25) is 0 Å². The summed E-state index contributed by atoms with van der Waals surface area (Å²) in [5.74, 6) is 0. The van der Waals surface area contributed by atoms with Gasteiger partial charge in [-0.05, 0) is 40.0 Å². The fourth-order valence-electron chi connectivity index (χ4n) is 1.23. The minimum absolute atomic E-state index is 0.167. The van der Waals surface area contributed by atoms with E-state index in [4.69, 9.17) is 9.84 Å². The Hall–Kier alpha value is -0.770. The van der Waals surface area contributed by atoms with Gasteiger partial charge < -0.3 is 14.7 Å². The maximum atomic E-state index is 11.4. The standard InChI is InChI=1S/C9H17NO2.C3H8O/c1-9(2,3)12-8(11)10-6-4-5-7-10;1-2-3-4/h4-7H2,1-3H3;4H,2-3H2,1H3. The third-order valence-corrected chi connectivity index (χ3v) is 1.98. The summed E-state index contributed by atoms with van der Waals surface area (Å²) in [6, 6.07) is 0. The van der Waals surface area contributed by atoms with Gasteiger partial charge in [0.25, 0.3) is 0 Å². The molecule has 0 radical (unpaired) electrons. The Labute approximate surface area is 98.6 Å². The summed E-state index contributed by atoms with van der Waals surface area (Å²) in [6.07, 6.45) is 2.93. The lowest BCUT2D eigenvalue weighted by molar-refractivity contribution is 0.0295. The van der Waals surface area contributed by atoms with E-state index in [1.54, 1.807) is 4.90 Å². The van der Waals surface area contributed by atoms with Crippen molar-refractivity contribution >= 4 is 6.09 Å². The highest BCUT2D eigenvalue weighted by Crippen LogP contribution is 2.14. The Morgan fingerprint density at radius 3 is 2.06 bits per heavy atom. The van der Waals surface area contributed by atoms with Crippen LogP contribution in [0.3, 0.4) is 0 Å². The monoisotopic (exact) mass is 231 g/mol. The second-order valence-corrected chi connectivity index (χ2v) is 4.90. The van der Waals surface area contributed by atoms with Gasteiger partial charge in [-0.15, -0.1) is 0 Å². The normalized spacial score (nSPS) is 15.4. The van der Waals surface area contributed by atoms with E-state index in [0.29, 0.717) is 6.61 Å². The van der Waals surface area contributed by atoms with Crippen molar-refractivity contribution in [2.24, 2.45) is 0 Å². The molecule has 0 aromatic heterocycles. The number of carbonyl (C=O) groups excluding carboxylic acids is 1. The number of aliphatic hydroxyl groups excluding tert-OH is 1. The molecule has 4 nitrogen and oxygen atoms in total. The second-order valence-electron chi connectivity index (χ2n) is 4.90. The fourth-order valence-corrected chi connectivity index (χ4v) is 1.23. The van der Waals surface area contributed by atoms with Crippen LogP contribution in [-0.2, 0) is 4.74 Å². The van der Waals surface area contributed by atoms with E-state index in [0.717, 1.165) is 32.4 Å². The Morgan fingerprint density at radius 1 is 1.31 bits per heavy atom. The molecule has 0 atom stereocenters. The summed E-state index contributed by atoms with van der Waals surface area (Å²) < 4.78 is 5.21. The van der Waals surface area contributed by atoms with Gasteiger partial charge in [-0.1, -0.05) is 6.92 Å². The molecule has 16 heavy (non-hydrogen) atoms. The van der Waals surface area contributed by atoms with Crippen LogP contribution in [0.4, 0.5) is 4.79 Å². The fraction of sp³-hybridized carbons (Fsp3) is 0.917. The molecular weight excluding hydrogens is 206 g/mol. The predicted molar refractivity (Wildman–Crippen MR) is 64.4 cm³/mol. The molecule has 0 aromatic rings. The molecule has 1 amide bonds. The van der Waals surface area contributed by atoms with Crippen molar-refractivity contribution in [3.8, 4) is 0 Å². The molecule has 1 rings (SSSR count). The van der Waals surface area contributed by atoms with Gasteiger partial charge in [0.05, 0.1) is 0 Å². The Morgan fingerprint density at radius 2 is 1.75 bits per heavy atom. The van der Waals surface area contributed by atoms with Crippen LogP contribution in [0.1, 0.15) is 47.0 Å². The molecule has 0 unspecified atom stereocenters. The van der Waals surface area contributed by atoms with Crippen LogP contribution in [0, 0.1) is 0 Å². The highest BCUT2D eigenvalue weighted by atomic mass is 16.6. The largest absolute Gasteiger partial charge is 0.444 e. The molecule has 0 bridgehead atoms. The number of likely N-dealkylation sites (tertiary alicyclic amines) is 1. The maximum absolute atomic E-state index is 11.4.